The molecule has 4 N–H and O–H groups in total. The van der Waals surface area contributed by atoms with E-state index < -0.39 is 58.5 Å². The Morgan fingerprint density at radius 3 is 2.39 bits per heavy atom. The van der Waals surface area contributed by atoms with Crippen LogP contribution in [0.15, 0.2) is 6.20 Å². The predicted octanol–water partition coefficient (Wildman–Crippen LogP) is 1.21. The van der Waals surface area contributed by atoms with Crippen molar-refractivity contribution in [2.75, 3.05) is 13.2 Å². The molecule has 1 aliphatic heterocycles. The number of aromatic nitrogens is 2. The average Bonchev–Trinajstić information content (AvgIpc) is 2.75. The Labute approximate surface area is 137 Å². The molecule has 130 valence electrons. The summed E-state index contributed by atoms with van der Waals surface area (Å²) in [5.41, 5.74) is -3.59. The number of aromatic amines is 1. The molecule has 1 fully saturated rings. The number of ether oxygens (including phenoxy) is 1. The zero-order valence-electron chi connectivity index (χ0n) is 11.2. The topological polar surface area (TPSA) is 90.6 Å². The van der Waals surface area contributed by atoms with Crippen molar-refractivity contribution in [3.05, 3.63) is 21.4 Å². The van der Waals surface area contributed by atoms with Gasteiger partial charge in [0.15, 0.2) is 16.8 Å². The Morgan fingerprint density at radius 2 is 1.91 bits per heavy atom. The van der Waals surface area contributed by atoms with E-state index >= 15 is 0 Å². The molecular weight excluding hydrogens is 364 g/mol. The minimum Gasteiger partial charge on any atom is -0.396 e. The number of H-pyrrole nitrogens is 1. The Hall–Kier alpha value is -0.920. The smallest absolute Gasteiger partial charge is 0.396 e. The first-order chi connectivity index (χ1) is 10.6. The van der Waals surface area contributed by atoms with Gasteiger partial charge in [-0.05, 0) is 12.2 Å². The summed E-state index contributed by atoms with van der Waals surface area (Å²) in [4.78, 5) is 2.17. The lowest BCUT2D eigenvalue weighted by atomic mass is 9.84. The summed E-state index contributed by atoms with van der Waals surface area (Å²) >= 11 is 9.38. The molecular formula is C11H12F4N2O4S2. The Kier molecular flexibility index (Phi) is 4.95. The molecule has 12 heteroatoms. The third-order valence-electron chi connectivity index (χ3n) is 3.70. The highest BCUT2D eigenvalue weighted by atomic mass is 32.1. The zero-order chi connectivity index (χ0) is 17.6. The van der Waals surface area contributed by atoms with Crippen molar-refractivity contribution >= 4 is 24.4 Å². The van der Waals surface area contributed by atoms with Crippen molar-refractivity contribution in [1.29, 1.82) is 0 Å². The van der Waals surface area contributed by atoms with E-state index in [4.69, 9.17) is 22.1 Å². The number of hydrogen-bond acceptors (Lipinski definition) is 6. The lowest BCUT2D eigenvalue weighted by molar-refractivity contribution is -0.299. The third-order valence-corrected chi connectivity index (χ3v) is 4.31. The van der Waals surface area contributed by atoms with Gasteiger partial charge in [-0.15, -0.1) is 0 Å². The summed E-state index contributed by atoms with van der Waals surface area (Å²) in [6.45, 7) is -2.00. The van der Waals surface area contributed by atoms with Gasteiger partial charge in [0.05, 0.1) is 25.2 Å². The van der Waals surface area contributed by atoms with Crippen LogP contribution in [0.3, 0.4) is 0 Å². The van der Waals surface area contributed by atoms with Crippen LogP contribution in [0.25, 0.3) is 0 Å². The molecule has 0 spiro atoms. The lowest BCUT2D eigenvalue weighted by Gasteiger charge is -2.35. The molecule has 0 amide bonds. The van der Waals surface area contributed by atoms with Crippen LogP contribution < -0.4 is 0 Å². The highest BCUT2D eigenvalue weighted by Crippen LogP contribution is 2.51. The average molecular weight is 376 g/mol. The Bertz CT molecular complexity index is 706. The fraction of sp³-hybridized carbons (Fsp3) is 0.636. The molecule has 1 saturated heterocycles. The highest BCUT2D eigenvalue weighted by molar-refractivity contribution is 7.72. The molecule has 0 aromatic carbocycles. The van der Waals surface area contributed by atoms with Gasteiger partial charge in [-0.25, -0.2) is 4.39 Å². The standard InChI is InChI=1S/C11H12F4N2O4S2/c12-5-1-17(9(23)16-7(5)22)8-10(20,11(13,14)15)4(2-18)6(3-19)21-8/h1,4,6,8,18-20H,2-3H2,(H,16,22,23)/t4?,6-,8-,10?/m1/s1. The van der Waals surface area contributed by atoms with E-state index in [-0.39, 0.29) is 0 Å². The SMILES string of the molecule is OCC1[C@@H](CO)O[C@@H](n2cc(F)c(=S)[nH]c2=S)C1(O)C(F)(F)F. The molecule has 4 atom stereocenters. The van der Waals surface area contributed by atoms with Gasteiger partial charge >= 0.3 is 6.18 Å². The number of rotatable bonds is 3. The zero-order valence-corrected chi connectivity index (χ0v) is 12.9. The summed E-state index contributed by atoms with van der Waals surface area (Å²) in [6.07, 6.45) is -8.40. The summed E-state index contributed by atoms with van der Waals surface area (Å²) in [5.74, 6) is -2.96. The van der Waals surface area contributed by atoms with Gasteiger partial charge in [0, 0.05) is 6.20 Å². The molecule has 1 aliphatic rings. The van der Waals surface area contributed by atoms with Gasteiger partial charge < -0.3 is 25.0 Å². The molecule has 2 heterocycles. The van der Waals surface area contributed by atoms with E-state index in [0.29, 0.717) is 10.8 Å². The first kappa shape index (κ1) is 18.4. The minimum absolute atomic E-state index is 0.417. The molecule has 2 unspecified atom stereocenters. The molecule has 0 radical (unpaired) electrons. The molecule has 0 bridgehead atoms. The lowest BCUT2D eigenvalue weighted by Crippen LogP contribution is -2.56. The minimum atomic E-state index is -5.24. The van der Waals surface area contributed by atoms with Gasteiger partial charge in [0.2, 0.25) is 5.60 Å². The van der Waals surface area contributed by atoms with E-state index in [1.165, 1.54) is 0 Å². The van der Waals surface area contributed by atoms with Gasteiger partial charge in [-0.2, -0.15) is 13.2 Å². The van der Waals surface area contributed by atoms with Gasteiger partial charge in [0.25, 0.3) is 0 Å². The number of aliphatic hydroxyl groups excluding tert-OH is 2. The van der Waals surface area contributed by atoms with Crippen LogP contribution in [0, 0.1) is 21.1 Å². The van der Waals surface area contributed by atoms with Crippen molar-refractivity contribution in [1.82, 2.24) is 9.55 Å². The maximum absolute atomic E-state index is 13.6. The van der Waals surface area contributed by atoms with Gasteiger partial charge in [-0.3, -0.25) is 4.57 Å². The van der Waals surface area contributed by atoms with Crippen LogP contribution in [0.1, 0.15) is 6.23 Å². The van der Waals surface area contributed by atoms with E-state index in [0.717, 1.165) is 0 Å². The van der Waals surface area contributed by atoms with Crippen molar-refractivity contribution in [3.8, 4) is 0 Å². The summed E-state index contributed by atoms with van der Waals surface area (Å²) in [6, 6.07) is 0. The van der Waals surface area contributed by atoms with Gasteiger partial charge in [-0.1, -0.05) is 12.2 Å². The summed E-state index contributed by atoms with van der Waals surface area (Å²) < 4.78 is 58.6. The van der Waals surface area contributed by atoms with Crippen LogP contribution in [0.4, 0.5) is 17.6 Å². The van der Waals surface area contributed by atoms with E-state index in [1.54, 1.807) is 0 Å². The molecule has 0 saturated carbocycles. The monoisotopic (exact) mass is 376 g/mol. The maximum atomic E-state index is 13.6. The number of aliphatic hydroxyl groups is 3. The van der Waals surface area contributed by atoms with E-state index in [1.807, 2.05) is 0 Å². The molecule has 0 aliphatic carbocycles. The predicted molar refractivity (Wildman–Crippen MR) is 73.0 cm³/mol. The van der Waals surface area contributed by atoms with Crippen molar-refractivity contribution in [3.63, 3.8) is 0 Å². The maximum Gasteiger partial charge on any atom is 0.422 e. The van der Waals surface area contributed by atoms with Crippen molar-refractivity contribution in [2.24, 2.45) is 5.92 Å². The van der Waals surface area contributed by atoms with Gasteiger partial charge in [0.1, 0.15) is 4.64 Å². The van der Waals surface area contributed by atoms with Crippen molar-refractivity contribution in [2.45, 2.75) is 24.1 Å². The first-order valence-corrected chi connectivity index (χ1v) is 7.06. The third kappa shape index (κ3) is 2.83. The molecule has 6 nitrogen and oxygen atoms in total. The largest absolute Gasteiger partial charge is 0.422 e. The fourth-order valence-corrected chi connectivity index (χ4v) is 2.98. The molecule has 23 heavy (non-hydrogen) atoms. The number of halogens is 4. The van der Waals surface area contributed by atoms with E-state index in [9.17, 15) is 27.8 Å². The molecule has 1 aromatic rings. The summed E-state index contributed by atoms with van der Waals surface area (Å²) in [7, 11) is 0. The number of alkyl halides is 3. The van der Waals surface area contributed by atoms with E-state index in [2.05, 4.69) is 17.2 Å². The van der Waals surface area contributed by atoms with Crippen LogP contribution >= 0.6 is 24.4 Å². The first-order valence-electron chi connectivity index (χ1n) is 6.25. The van der Waals surface area contributed by atoms with Crippen LogP contribution in [-0.4, -0.2) is 56.0 Å². The molecule has 2 rings (SSSR count). The second-order valence-electron chi connectivity index (χ2n) is 4.97. The summed E-state index contributed by atoms with van der Waals surface area (Å²) in [5, 5.41) is 28.6. The van der Waals surface area contributed by atoms with Crippen LogP contribution in [0.5, 0.6) is 0 Å². The number of hydrogen-bond donors (Lipinski definition) is 4. The second kappa shape index (κ2) is 6.18. The van der Waals surface area contributed by atoms with Crippen LogP contribution in [-0.2, 0) is 4.74 Å². The normalized spacial score (nSPS) is 31.5. The Balaban J connectivity index is 2.67. The quantitative estimate of drug-likeness (QED) is 0.468. The number of nitrogens with one attached hydrogen (secondary N) is 1. The Morgan fingerprint density at radius 1 is 1.30 bits per heavy atom. The van der Waals surface area contributed by atoms with Crippen LogP contribution in [0.2, 0.25) is 0 Å². The second-order valence-corrected chi connectivity index (χ2v) is 5.76. The fourth-order valence-electron chi connectivity index (χ4n) is 2.52. The number of nitrogens with zero attached hydrogens (tertiary/aromatic N) is 1. The van der Waals surface area contributed by atoms with Crippen molar-refractivity contribution < 1.29 is 37.6 Å². The highest BCUT2D eigenvalue weighted by Gasteiger charge is 2.70. The molecule has 1 aromatic heterocycles.